The molecule has 0 aromatic heterocycles. The van der Waals surface area contributed by atoms with E-state index in [-0.39, 0.29) is 18.3 Å². The average Bonchev–Trinajstić information content (AvgIpc) is 2.54. The molecule has 0 aliphatic rings. The van der Waals surface area contributed by atoms with Crippen molar-refractivity contribution in [2.24, 2.45) is 10.7 Å². The molecule has 0 radical (unpaired) electrons. The molecular weight excluding hydrogens is 335 g/mol. The molecule has 0 spiro atoms. The minimum Gasteiger partial charge on any atom is -0.406 e. The normalized spacial score (nSPS) is 14.7. The standard InChI is InChI=1S/C17H18F3N3O2/c1-16(24,12-5-3-2-4-6-12)11-22-15(21)23-13-7-9-14(10-8-13)25-17(18,19)20/h2-10,24H,11H2,1H3,(H3,21,22,23). The summed E-state index contributed by atoms with van der Waals surface area (Å²) in [6.45, 7) is 1.63. The van der Waals surface area contributed by atoms with E-state index in [9.17, 15) is 18.3 Å². The highest BCUT2D eigenvalue weighted by molar-refractivity contribution is 5.92. The Kier molecular flexibility index (Phi) is 5.53. The van der Waals surface area contributed by atoms with E-state index in [1.807, 2.05) is 6.07 Å². The van der Waals surface area contributed by atoms with Gasteiger partial charge in [0.25, 0.3) is 0 Å². The number of benzene rings is 2. The fourth-order valence-electron chi connectivity index (χ4n) is 2.05. The number of aliphatic hydroxyl groups is 1. The van der Waals surface area contributed by atoms with Gasteiger partial charge in [0.05, 0.1) is 6.54 Å². The first-order chi connectivity index (χ1) is 11.7. The highest BCUT2D eigenvalue weighted by Crippen LogP contribution is 2.24. The van der Waals surface area contributed by atoms with Crippen LogP contribution in [0.25, 0.3) is 0 Å². The molecule has 5 nitrogen and oxygen atoms in total. The van der Waals surface area contributed by atoms with Gasteiger partial charge in [0.2, 0.25) is 0 Å². The molecule has 0 heterocycles. The van der Waals surface area contributed by atoms with Crippen LogP contribution in [0.4, 0.5) is 18.9 Å². The molecule has 0 saturated carbocycles. The van der Waals surface area contributed by atoms with Gasteiger partial charge in [0.1, 0.15) is 11.4 Å². The minimum atomic E-state index is -4.74. The van der Waals surface area contributed by atoms with Crippen molar-refractivity contribution in [3.05, 3.63) is 60.2 Å². The number of aliphatic imine (C=N–C) groups is 1. The number of nitrogens with two attached hydrogens (primary N) is 1. The van der Waals surface area contributed by atoms with Crippen LogP contribution >= 0.6 is 0 Å². The van der Waals surface area contributed by atoms with Crippen molar-refractivity contribution in [3.63, 3.8) is 0 Å². The Labute approximate surface area is 143 Å². The zero-order valence-electron chi connectivity index (χ0n) is 13.4. The van der Waals surface area contributed by atoms with Crippen LogP contribution in [0.15, 0.2) is 59.6 Å². The predicted octanol–water partition coefficient (Wildman–Crippen LogP) is 3.22. The largest absolute Gasteiger partial charge is 0.573 e. The van der Waals surface area contributed by atoms with Crippen LogP contribution in [-0.4, -0.2) is 24.0 Å². The Balaban J connectivity index is 1.97. The summed E-state index contributed by atoms with van der Waals surface area (Å²) in [6.07, 6.45) is -4.74. The number of ether oxygens (including phenoxy) is 1. The third-order valence-corrected chi connectivity index (χ3v) is 3.31. The van der Waals surface area contributed by atoms with Gasteiger partial charge in [-0.25, -0.2) is 4.99 Å². The van der Waals surface area contributed by atoms with Crippen molar-refractivity contribution in [1.82, 2.24) is 0 Å². The summed E-state index contributed by atoms with van der Waals surface area (Å²) in [7, 11) is 0. The lowest BCUT2D eigenvalue weighted by molar-refractivity contribution is -0.274. The quantitative estimate of drug-likeness (QED) is 0.570. The van der Waals surface area contributed by atoms with Crippen LogP contribution in [0.3, 0.4) is 0 Å². The van der Waals surface area contributed by atoms with Gasteiger partial charge >= 0.3 is 6.36 Å². The molecule has 1 unspecified atom stereocenters. The zero-order chi connectivity index (χ0) is 18.5. The van der Waals surface area contributed by atoms with E-state index in [2.05, 4.69) is 15.0 Å². The zero-order valence-corrected chi connectivity index (χ0v) is 13.4. The second-order valence-corrected chi connectivity index (χ2v) is 5.54. The summed E-state index contributed by atoms with van der Waals surface area (Å²) < 4.78 is 40.1. The molecule has 4 N–H and O–H groups in total. The number of nitrogens with one attached hydrogen (secondary N) is 1. The van der Waals surface area contributed by atoms with Gasteiger partial charge in [-0.1, -0.05) is 30.3 Å². The van der Waals surface area contributed by atoms with Crippen LogP contribution in [-0.2, 0) is 5.60 Å². The number of hydrogen-bond acceptors (Lipinski definition) is 3. The number of rotatable bonds is 5. The van der Waals surface area contributed by atoms with Crippen molar-refractivity contribution in [3.8, 4) is 5.75 Å². The minimum absolute atomic E-state index is 0.0190. The van der Waals surface area contributed by atoms with Gasteiger partial charge in [-0.2, -0.15) is 0 Å². The second-order valence-electron chi connectivity index (χ2n) is 5.54. The number of hydrogen-bond donors (Lipinski definition) is 3. The second kappa shape index (κ2) is 7.43. The number of anilines is 1. The van der Waals surface area contributed by atoms with E-state index in [1.165, 1.54) is 12.1 Å². The Hall–Kier alpha value is -2.74. The smallest absolute Gasteiger partial charge is 0.406 e. The number of guanidine groups is 1. The molecule has 0 saturated heterocycles. The van der Waals surface area contributed by atoms with E-state index in [1.54, 1.807) is 31.2 Å². The lowest BCUT2D eigenvalue weighted by atomic mass is 9.96. The Morgan fingerprint density at radius 3 is 2.28 bits per heavy atom. The van der Waals surface area contributed by atoms with Gasteiger partial charge in [0, 0.05) is 5.69 Å². The number of alkyl halides is 3. The van der Waals surface area contributed by atoms with E-state index in [0.29, 0.717) is 11.3 Å². The first-order valence-electron chi connectivity index (χ1n) is 7.36. The maximum Gasteiger partial charge on any atom is 0.573 e. The monoisotopic (exact) mass is 353 g/mol. The average molecular weight is 353 g/mol. The van der Waals surface area contributed by atoms with Crippen molar-refractivity contribution in [2.45, 2.75) is 18.9 Å². The summed E-state index contributed by atoms with van der Waals surface area (Å²) in [5.74, 6) is -0.304. The molecule has 25 heavy (non-hydrogen) atoms. The lowest BCUT2D eigenvalue weighted by Gasteiger charge is -2.21. The van der Waals surface area contributed by atoms with Gasteiger partial charge in [-0.15, -0.1) is 13.2 Å². The molecule has 0 amide bonds. The molecule has 0 aliphatic heterocycles. The van der Waals surface area contributed by atoms with Gasteiger partial charge < -0.3 is 20.9 Å². The molecule has 0 aliphatic carbocycles. The highest BCUT2D eigenvalue weighted by Gasteiger charge is 2.31. The molecule has 1 atom stereocenters. The Morgan fingerprint density at radius 1 is 1.12 bits per heavy atom. The van der Waals surface area contributed by atoms with Crippen LogP contribution in [0.5, 0.6) is 5.75 Å². The van der Waals surface area contributed by atoms with Crippen molar-refractivity contribution < 1.29 is 23.0 Å². The Bertz CT molecular complexity index is 714. The topological polar surface area (TPSA) is 79.9 Å². The molecule has 0 bridgehead atoms. The van der Waals surface area contributed by atoms with E-state index >= 15 is 0 Å². The molecule has 2 aromatic rings. The molecule has 2 rings (SSSR count). The summed E-state index contributed by atoms with van der Waals surface area (Å²) in [6, 6.07) is 14.1. The first kappa shape index (κ1) is 18.6. The number of nitrogens with zero attached hydrogens (tertiary/aromatic N) is 1. The lowest BCUT2D eigenvalue weighted by Crippen LogP contribution is -2.29. The summed E-state index contributed by atoms with van der Waals surface area (Å²) in [5, 5.41) is 13.2. The van der Waals surface area contributed by atoms with E-state index in [4.69, 9.17) is 5.73 Å². The molecular formula is C17H18F3N3O2. The van der Waals surface area contributed by atoms with Crippen LogP contribution in [0, 0.1) is 0 Å². The Morgan fingerprint density at radius 2 is 1.72 bits per heavy atom. The van der Waals surface area contributed by atoms with Crippen molar-refractivity contribution >= 4 is 11.6 Å². The van der Waals surface area contributed by atoms with Gasteiger partial charge in [0.15, 0.2) is 5.96 Å². The maximum absolute atomic E-state index is 12.1. The fraction of sp³-hybridized carbons (Fsp3) is 0.235. The van der Waals surface area contributed by atoms with Gasteiger partial charge in [-0.3, -0.25) is 0 Å². The summed E-state index contributed by atoms with van der Waals surface area (Å²) >= 11 is 0. The SMILES string of the molecule is CC(O)(CN=C(N)Nc1ccc(OC(F)(F)F)cc1)c1ccccc1. The molecule has 134 valence electrons. The van der Waals surface area contributed by atoms with Crippen LogP contribution in [0.1, 0.15) is 12.5 Å². The summed E-state index contributed by atoms with van der Waals surface area (Å²) in [4.78, 5) is 4.07. The number of halogens is 3. The van der Waals surface area contributed by atoms with Crippen molar-refractivity contribution in [1.29, 1.82) is 0 Å². The van der Waals surface area contributed by atoms with Crippen LogP contribution < -0.4 is 15.8 Å². The maximum atomic E-state index is 12.1. The fourth-order valence-corrected chi connectivity index (χ4v) is 2.05. The van der Waals surface area contributed by atoms with Crippen LogP contribution in [0.2, 0.25) is 0 Å². The first-order valence-corrected chi connectivity index (χ1v) is 7.36. The molecule has 2 aromatic carbocycles. The summed E-state index contributed by atoms with van der Waals surface area (Å²) in [5.41, 5.74) is 5.69. The van der Waals surface area contributed by atoms with Gasteiger partial charge in [-0.05, 0) is 36.8 Å². The molecule has 8 heteroatoms. The van der Waals surface area contributed by atoms with E-state index in [0.717, 1.165) is 12.1 Å². The predicted molar refractivity (Wildman–Crippen MR) is 89.2 cm³/mol. The van der Waals surface area contributed by atoms with E-state index < -0.39 is 12.0 Å². The highest BCUT2D eigenvalue weighted by atomic mass is 19.4. The third kappa shape index (κ3) is 6.00. The molecule has 0 fully saturated rings. The third-order valence-electron chi connectivity index (χ3n) is 3.31. The van der Waals surface area contributed by atoms with Crippen molar-refractivity contribution in [2.75, 3.05) is 11.9 Å².